The highest BCUT2D eigenvalue weighted by Crippen LogP contribution is 2.32. The fourth-order valence-corrected chi connectivity index (χ4v) is 1.42. The molecule has 2 unspecified atom stereocenters. The summed E-state index contributed by atoms with van der Waals surface area (Å²) in [5.74, 6) is 0.438. The van der Waals surface area contributed by atoms with Gasteiger partial charge in [-0.25, -0.2) is 0 Å². The fourth-order valence-electron chi connectivity index (χ4n) is 1.42. The third kappa shape index (κ3) is 1.35. The molecule has 1 heterocycles. The Labute approximate surface area is 63.5 Å². The maximum absolute atomic E-state index is 5.65. The van der Waals surface area contributed by atoms with E-state index in [2.05, 4.69) is 6.92 Å². The van der Waals surface area contributed by atoms with E-state index in [1.54, 1.807) is 0 Å². The second-order valence-corrected chi connectivity index (χ2v) is 3.42. The molecule has 1 rings (SSSR count). The predicted molar refractivity (Wildman–Crippen MR) is 41.9 cm³/mol. The van der Waals surface area contributed by atoms with Gasteiger partial charge in [0, 0.05) is 12.5 Å². The molecule has 10 heavy (non-hydrogen) atoms. The lowest BCUT2D eigenvalue weighted by molar-refractivity contribution is 0.00837. The van der Waals surface area contributed by atoms with Gasteiger partial charge in [-0.05, 0) is 19.3 Å². The Balaban J connectivity index is 2.55. The number of ether oxygens (including phenoxy) is 1. The molecule has 2 N–H and O–H groups in total. The van der Waals surface area contributed by atoms with Crippen LogP contribution in [0.5, 0.6) is 0 Å². The van der Waals surface area contributed by atoms with Crippen LogP contribution in [0.2, 0.25) is 0 Å². The van der Waals surface area contributed by atoms with Gasteiger partial charge in [0.05, 0.1) is 5.60 Å². The van der Waals surface area contributed by atoms with Crippen molar-refractivity contribution in [3.63, 3.8) is 0 Å². The van der Waals surface area contributed by atoms with Crippen LogP contribution >= 0.6 is 0 Å². The molecule has 2 radical (unpaired) electrons. The summed E-state index contributed by atoms with van der Waals surface area (Å²) in [7, 11) is 5.65. The van der Waals surface area contributed by atoms with Crippen LogP contribution in [0, 0.1) is 5.92 Å². The van der Waals surface area contributed by atoms with Crippen molar-refractivity contribution in [2.45, 2.75) is 31.9 Å². The van der Waals surface area contributed by atoms with Crippen LogP contribution in [-0.2, 0) is 4.74 Å². The summed E-state index contributed by atoms with van der Waals surface area (Å²) in [5, 5.41) is 0. The first kappa shape index (κ1) is 8.09. The Kier molecular flexibility index (Phi) is 2.06. The SMILES string of the molecule is [B]C1O[C@@](C)(CN)CC1C. The van der Waals surface area contributed by atoms with Crippen molar-refractivity contribution >= 4 is 7.85 Å². The summed E-state index contributed by atoms with van der Waals surface area (Å²) in [6.45, 7) is 4.66. The van der Waals surface area contributed by atoms with Gasteiger partial charge in [0.1, 0.15) is 7.85 Å². The van der Waals surface area contributed by atoms with Gasteiger partial charge >= 0.3 is 0 Å². The minimum absolute atomic E-state index is 0.117. The second-order valence-electron chi connectivity index (χ2n) is 3.42. The largest absolute Gasteiger partial charge is 0.380 e. The first-order chi connectivity index (χ1) is 4.57. The molecule has 3 atom stereocenters. The Hall–Kier alpha value is -0.0151. The van der Waals surface area contributed by atoms with E-state index in [9.17, 15) is 0 Å². The fraction of sp³-hybridized carbons (Fsp3) is 1.00. The van der Waals surface area contributed by atoms with Gasteiger partial charge in [-0.1, -0.05) is 6.92 Å². The molecule has 3 heteroatoms. The molecule has 0 aliphatic carbocycles. The Morgan fingerprint density at radius 2 is 2.40 bits per heavy atom. The summed E-state index contributed by atoms with van der Waals surface area (Å²) >= 11 is 0. The zero-order valence-electron chi connectivity index (χ0n) is 6.63. The molecule has 0 bridgehead atoms. The third-order valence-electron chi connectivity index (χ3n) is 2.17. The van der Waals surface area contributed by atoms with E-state index in [0.29, 0.717) is 12.5 Å². The lowest BCUT2D eigenvalue weighted by Gasteiger charge is -2.21. The highest BCUT2D eigenvalue weighted by molar-refractivity contribution is 6.11. The molecular weight excluding hydrogens is 125 g/mol. The van der Waals surface area contributed by atoms with Crippen LogP contribution in [0.15, 0.2) is 0 Å². The highest BCUT2D eigenvalue weighted by Gasteiger charge is 2.36. The zero-order valence-corrected chi connectivity index (χ0v) is 6.63. The monoisotopic (exact) mass is 139 g/mol. The highest BCUT2D eigenvalue weighted by atomic mass is 16.5. The van der Waals surface area contributed by atoms with E-state index in [0.717, 1.165) is 6.42 Å². The minimum atomic E-state index is -0.168. The van der Waals surface area contributed by atoms with Crippen molar-refractivity contribution in [3.05, 3.63) is 0 Å². The molecule has 0 aromatic rings. The van der Waals surface area contributed by atoms with Crippen molar-refractivity contribution < 1.29 is 4.74 Å². The molecule has 0 saturated carbocycles. The van der Waals surface area contributed by atoms with Gasteiger partial charge < -0.3 is 10.5 Å². The molecule has 56 valence electrons. The van der Waals surface area contributed by atoms with Crippen molar-refractivity contribution in [2.75, 3.05) is 6.54 Å². The number of rotatable bonds is 1. The number of hydrogen-bond donors (Lipinski definition) is 1. The summed E-state index contributed by atoms with van der Waals surface area (Å²) in [6.07, 6.45) is 0.977. The lowest BCUT2D eigenvalue weighted by Crippen LogP contribution is -2.34. The van der Waals surface area contributed by atoms with Crippen LogP contribution in [0.25, 0.3) is 0 Å². The van der Waals surface area contributed by atoms with Crippen LogP contribution in [0.1, 0.15) is 20.3 Å². The van der Waals surface area contributed by atoms with Crippen LogP contribution < -0.4 is 5.73 Å². The van der Waals surface area contributed by atoms with E-state index in [4.69, 9.17) is 18.3 Å². The average Bonchev–Trinajstić information content (AvgIpc) is 2.10. The molecule has 0 spiro atoms. The van der Waals surface area contributed by atoms with E-state index in [-0.39, 0.29) is 11.6 Å². The van der Waals surface area contributed by atoms with Gasteiger partial charge in [-0.3, -0.25) is 0 Å². The van der Waals surface area contributed by atoms with Crippen LogP contribution in [-0.4, -0.2) is 26.0 Å². The van der Waals surface area contributed by atoms with Gasteiger partial charge in [-0.2, -0.15) is 0 Å². The van der Waals surface area contributed by atoms with Crippen molar-refractivity contribution in [2.24, 2.45) is 11.7 Å². The van der Waals surface area contributed by atoms with E-state index >= 15 is 0 Å². The normalized spacial score (nSPS) is 47.9. The zero-order chi connectivity index (χ0) is 7.78. The molecule has 1 saturated heterocycles. The Morgan fingerprint density at radius 3 is 2.60 bits per heavy atom. The van der Waals surface area contributed by atoms with E-state index in [1.165, 1.54) is 0 Å². The molecule has 0 aromatic carbocycles. The molecule has 1 aliphatic rings. The van der Waals surface area contributed by atoms with Crippen molar-refractivity contribution in [1.82, 2.24) is 0 Å². The standard InChI is InChI=1S/C7H14BNO/c1-5-3-7(2,4-9)10-6(5)8/h5-6H,3-4,9H2,1-2H3/t5?,6?,7-/m1/s1. The number of nitrogens with two attached hydrogens (primary N) is 1. The molecular formula is C7H14BNO. The topological polar surface area (TPSA) is 35.2 Å². The molecule has 0 aromatic heterocycles. The summed E-state index contributed by atoms with van der Waals surface area (Å²) in [5.41, 5.74) is 5.34. The quantitative estimate of drug-likeness (QED) is 0.528. The predicted octanol–water partition coefficient (Wildman–Crippen LogP) is 0.255. The van der Waals surface area contributed by atoms with Gasteiger partial charge in [0.2, 0.25) is 0 Å². The van der Waals surface area contributed by atoms with Gasteiger partial charge in [0.15, 0.2) is 0 Å². The first-order valence-electron chi connectivity index (χ1n) is 3.71. The van der Waals surface area contributed by atoms with Crippen molar-refractivity contribution in [1.29, 1.82) is 0 Å². The Bertz CT molecular complexity index is 119. The average molecular weight is 139 g/mol. The minimum Gasteiger partial charge on any atom is -0.380 e. The van der Waals surface area contributed by atoms with Gasteiger partial charge in [-0.15, -0.1) is 0 Å². The smallest absolute Gasteiger partial charge is 0.109 e. The first-order valence-corrected chi connectivity index (χ1v) is 3.71. The maximum atomic E-state index is 5.65. The lowest BCUT2D eigenvalue weighted by atomic mass is 9.86. The molecule has 0 amide bonds. The molecule has 2 nitrogen and oxygen atoms in total. The number of hydrogen-bond acceptors (Lipinski definition) is 2. The van der Waals surface area contributed by atoms with E-state index < -0.39 is 0 Å². The van der Waals surface area contributed by atoms with Crippen LogP contribution in [0.3, 0.4) is 0 Å². The summed E-state index contributed by atoms with van der Waals surface area (Å²) in [4.78, 5) is 0. The molecule has 1 aliphatic heterocycles. The third-order valence-corrected chi connectivity index (χ3v) is 2.17. The van der Waals surface area contributed by atoms with Gasteiger partial charge in [0.25, 0.3) is 0 Å². The van der Waals surface area contributed by atoms with Crippen LogP contribution in [0.4, 0.5) is 0 Å². The summed E-state index contributed by atoms with van der Waals surface area (Å²) < 4.78 is 5.46. The van der Waals surface area contributed by atoms with Crippen molar-refractivity contribution in [3.8, 4) is 0 Å². The Morgan fingerprint density at radius 1 is 1.80 bits per heavy atom. The second kappa shape index (κ2) is 2.55. The van der Waals surface area contributed by atoms with E-state index in [1.807, 2.05) is 6.92 Å². The molecule has 1 fully saturated rings. The maximum Gasteiger partial charge on any atom is 0.109 e. The summed E-state index contributed by atoms with van der Waals surface area (Å²) in [6, 6.07) is -0.117.